The third-order valence-corrected chi connectivity index (χ3v) is 5.88. The summed E-state index contributed by atoms with van der Waals surface area (Å²) in [5.41, 5.74) is -0.776. The average Bonchev–Trinajstić information content (AvgIpc) is 2.96. The summed E-state index contributed by atoms with van der Waals surface area (Å²) in [6.45, 7) is 5.27. The van der Waals surface area contributed by atoms with E-state index in [0.717, 1.165) is 6.42 Å². The number of carbonyl (C=O) groups excluding carboxylic acids is 3. The highest BCUT2D eigenvalue weighted by atomic mass is 19.1. The molecule has 4 amide bonds. The lowest BCUT2D eigenvalue weighted by Gasteiger charge is -2.41. The molecule has 3 rings (SSSR count). The third kappa shape index (κ3) is 4.18. The molecule has 1 aromatic carbocycles. The van der Waals surface area contributed by atoms with Crippen LogP contribution >= 0.6 is 0 Å². The van der Waals surface area contributed by atoms with E-state index in [9.17, 15) is 18.8 Å². The van der Waals surface area contributed by atoms with Gasteiger partial charge in [0.2, 0.25) is 5.91 Å². The maximum Gasteiger partial charge on any atom is 0.322 e. The van der Waals surface area contributed by atoms with Crippen LogP contribution in [0.5, 0.6) is 0 Å². The normalized spacial score (nSPS) is 23.1. The number of halogens is 1. The molecule has 2 aliphatic heterocycles. The van der Waals surface area contributed by atoms with Gasteiger partial charge in [0, 0.05) is 25.9 Å². The molecule has 1 unspecified atom stereocenters. The summed E-state index contributed by atoms with van der Waals surface area (Å²) in [6.07, 6.45) is 2.67. The zero-order valence-corrected chi connectivity index (χ0v) is 16.5. The number of amides is 4. The van der Waals surface area contributed by atoms with E-state index in [1.165, 1.54) is 6.07 Å². The van der Waals surface area contributed by atoms with E-state index in [0.29, 0.717) is 43.8 Å². The van der Waals surface area contributed by atoms with E-state index in [-0.39, 0.29) is 18.2 Å². The Bertz CT molecular complexity index is 759. The minimum atomic E-state index is -1.17. The van der Waals surface area contributed by atoms with Gasteiger partial charge in [0.15, 0.2) is 0 Å². The molecule has 2 fully saturated rings. The van der Waals surface area contributed by atoms with Crippen molar-refractivity contribution in [1.82, 2.24) is 15.5 Å². The molecule has 0 radical (unpaired) electrons. The van der Waals surface area contributed by atoms with Gasteiger partial charge >= 0.3 is 6.03 Å². The lowest BCUT2D eigenvalue weighted by molar-refractivity contribution is -0.134. The third-order valence-electron chi connectivity index (χ3n) is 5.88. The van der Waals surface area contributed by atoms with Gasteiger partial charge in [-0.1, -0.05) is 32.0 Å². The summed E-state index contributed by atoms with van der Waals surface area (Å²) in [4.78, 5) is 38.9. The largest absolute Gasteiger partial charge is 0.343 e. The number of hydrogen-bond acceptors (Lipinski definition) is 3. The number of nitrogens with one attached hydrogen (secondary N) is 2. The van der Waals surface area contributed by atoms with Gasteiger partial charge in [-0.15, -0.1) is 0 Å². The van der Waals surface area contributed by atoms with Gasteiger partial charge in [-0.05, 0) is 42.7 Å². The van der Waals surface area contributed by atoms with Crippen molar-refractivity contribution >= 4 is 17.8 Å². The summed E-state index contributed by atoms with van der Waals surface area (Å²) < 4.78 is 14.2. The van der Waals surface area contributed by atoms with E-state index in [1.54, 1.807) is 18.2 Å². The summed E-state index contributed by atoms with van der Waals surface area (Å²) in [5.74, 6) is -0.353. The van der Waals surface area contributed by atoms with Crippen LogP contribution in [-0.4, -0.2) is 41.4 Å². The first-order valence-corrected chi connectivity index (χ1v) is 9.96. The number of benzene rings is 1. The van der Waals surface area contributed by atoms with E-state index >= 15 is 0 Å². The highest BCUT2D eigenvalue weighted by Gasteiger charge is 2.52. The number of carbonyl (C=O) groups is 3. The van der Waals surface area contributed by atoms with Crippen LogP contribution in [-0.2, 0) is 16.0 Å². The molecule has 2 aliphatic rings. The molecule has 1 atom stereocenters. The smallest absolute Gasteiger partial charge is 0.322 e. The molecular weight excluding hydrogens is 361 g/mol. The fourth-order valence-electron chi connectivity index (χ4n) is 4.20. The van der Waals surface area contributed by atoms with Gasteiger partial charge in [0.05, 0.1) is 0 Å². The van der Waals surface area contributed by atoms with E-state index in [2.05, 4.69) is 24.5 Å². The van der Waals surface area contributed by atoms with Crippen LogP contribution in [0.1, 0.15) is 45.1 Å². The SMILES string of the molecule is CC(C)CCC(=O)N1CCC(C2(Cc3ccccc3F)NC(=O)NC2=O)CC1. The molecule has 2 saturated heterocycles. The standard InChI is InChI=1S/C21H28FN3O3/c1-14(2)7-8-18(26)25-11-9-16(10-12-25)21(19(27)23-20(28)24-21)13-15-5-3-4-6-17(15)22/h3-6,14,16H,7-13H2,1-2H3,(H2,23,24,27,28). The molecule has 28 heavy (non-hydrogen) atoms. The molecule has 0 spiro atoms. The zero-order valence-electron chi connectivity index (χ0n) is 16.5. The molecule has 0 saturated carbocycles. The molecule has 6 nitrogen and oxygen atoms in total. The zero-order chi connectivity index (χ0) is 20.3. The van der Waals surface area contributed by atoms with Crippen LogP contribution in [0.2, 0.25) is 0 Å². The van der Waals surface area contributed by atoms with Crippen LogP contribution < -0.4 is 10.6 Å². The monoisotopic (exact) mass is 389 g/mol. The topological polar surface area (TPSA) is 78.5 Å². The molecule has 0 aromatic heterocycles. The second-order valence-electron chi connectivity index (χ2n) is 8.24. The van der Waals surface area contributed by atoms with Crippen LogP contribution in [0, 0.1) is 17.7 Å². The Balaban J connectivity index is 1.73. The Labute approximate surface area is 164 Å². The number of rotatable bonds is 6. The van der Waals surface area contributed by atoms with E-state index in [1.807, 2.05) is 4.90 Å². The van der Waals surface area contributed by atoms with Gasteiger partial charge < -0.3 is 10.2 Å². The molecule has 2 N–H and O–H groups in total. The molecule has 0 bridgehead atoms. The maximum absolute atomic E-state index is 14.2. The molecule has 152 valence electrons. The summed E-state index contributed by atoms with van der Waals surface area (Å²) >= 11 is 0. The van der Waals surface area contributed by atoms with Gasteiger partial charge in [-0.3, -0.25) is 14.9 Å². The fourth-order valence-corrected chi connectivity index (χ4v) is 4.20. The minimum Gasteiger partial charge on any atom is -0.343 e. The second-order valence-corrected chi connectivity index (χ2v) is 8.24. The second kappa shape index (κ2) is 8.29. The first-order chi connectivity index (χ1) is 13.3. The van der Waals surface area contributed by atoms with Crippen LogP contribution in [0.15, 0.2) is 24.3 Å². The average molecular weight is 389 g/mol. The quantitative estimate of drug-likeness (QED) is 0.734. The number of hydrogen-bond donors (Lipinski definition) is 2. The molecule has 1 aromatic rings. The Hall–Kier alpha value is -2.44. The summed E-state index contributed by atoms with van der Waals surface area (Å²) in [5, 5.41) is 5.10. The predicted molar refractivity (Wildman–Crippen MR) is 103 cm³/mol. The Kier molecular flexibility index (Phi) is 6.01. The van der Waals surface area contributed by atoms with Gasteiger partial charge in [0.25, 0.3) is 5.91 Å². The van der Waals surface area contributed by atoms with Crippen molar-refractivity contribution in [1.29, 1.82) is 0 Å². The number of piperidine rings is 1. The van der Waals surface area contributed by atoms with Crippen molar-refractivity contribution in [3.63, 3.8) is 0 Å². The first kappa shape index (κ1) is 20.3. The van der Waals surface area contributed by atoms with Gasteiger partial charge in [-0.25, -0.2) is 9.18 Å². The van der Waals surface area contributed by atoms with Gasteiger partial charge in [0.1, 0.15) is 11.4 Å². The number of likely N-dealkylation sites (tertiary alicyclic amines) is 1. The molecular formula is C21H28FN3O3. The predicted octanol–water partition coefficient (Wildman–Crippen LogP) is 2.62. The van der Waals surface area contributed by atoms with Crippen molar-refractivity contribution in [2.24, 2.45) is 11.8 Å². The maximum atomic E-state index is 14.2. The Morgan fingerprint density at radius 2 is 1.93 bits per heavy atom. The van der Waals surface area contributed by atoms with Crippen LogP contribution in [0.4, 0.5) is 9.18 Å². The van der Waals surface area contributed by atoms with Crippen molar-refractivity contribution in [3.05, 3.63) is 35.6 Å². The number of urea groups is 1. The van der Waals surface area contributed by atoms with Crippen molar-refractivity contribution < 1.29 is 18.8 Å². The summed E-state index contributed by atoms with van der Waals surface area (Å²) in [7, 11) is 0. The van der Waals surface area contributed by atoms with E-state index in [4.69, 9.17) is 0 Å². The fraction of sp³-hybridized carbons (Fsp3) is 0.571. The molecule has 7 heteroatoms. The van der Waals surface area contributed by atoms with Crippen molar-refractivity contribution in [3.8, 4) is 0 Å². The molecule has 0 aliphatic carbocycles. The van der Waals surface area contributed by atoms with Crippen molar-refractivity contribution in [2.75, 3.05) is 13.1 Å². The highest BCUT2D eigenvalue weighted by molar-refractivity contribution is 6.07. The lowest BCUT2D eigenvalue weighted by atomic mass is 9.74. The highest BCUT2D eigenvalue weighted by Crippen LogP contribution is 2.34. The Morgan fingerprint density at radius 1 is 1.25 bits per heavy atom. The number of nitrogens with zero attached hydrogens (tertiary/aromatic N) is 1. The lowest BCUT2D eigenvalue weighted by Crippen LogP contribution is -2.58. The first-order valence-electron chi connectivity index (χ1n) is 9.96. The number of imide groups is 1. The van der Waals surface area contributed by atoms with E-state index < -0.39 is 23.3 Å². The van der Waals surface area contributed by atoms with Crippen molar-refractivity contribution in [2.45, 2.75) is 51.5 Å². The Morgan fingerprint density at radius 3 is 2.50 bits per heavy atom. The minimum absolute atomic E-state index is 0.100. The van der Waals surface area contributed by atoms with Gasteiger partial charge in [-0.2, -0.15) is 0 Å². The summed E-state index contributed by atoms with van der Waals surface area (Å²) in [6, 6.07) is 5.76. The van der Waals surface area contributed by atoms with Crippen LogP contribution in [0.25, 0.3) is 0 Å². The molecule has 2 heterocycles. The van der Waals surface area contributed by atoms with Crippen LogP contribution in [0.3, 0.4) is 0 Å².